The number of nitriles is 1. The third-order valence-electron chi connectivity index (χ3n) is 4.23. The SMILES string of the molecule is N#CC1CCCN1C(=O)C(N)Cc1c[nH]c2ccc(N)cc12. The predicted molar refractivity (Wildman–Crippen MR) is 84.7 cm³/mol. The molecule has 0 saturated carbocycles. The zero-order chi connectivity index (χ0) is 15.7. The Labute approximate surface area is 128 Å². The second-order valence-corrected chi connectivity index (χ2v) is 5.75. The van der Waals surface area contributed by atoms with Crippen LogP contribution in [0.5, 0.6) is 0 Å². The summed E-state index contributed by atoms with van der Waals surface area (Å²) in [6.45, 7) is 0.617. The fourth-order valence-corrected chi connectivity index (χ4v) is 3.07. The molecule has 114 valence electrons. The van der Waals surface area contributed by atoms with Gasteiger partial charge in [-0.25, -0.2) is 0 Å². The Balaban J connectivity index is 1.78. The summed E-state index contributed by atoms with van der Waals surface area (Å²) in [7, 11) is 0. The van der Waals surface area contributed by atoms with E-state index in [1.54, 1.807) is 4.90 Å². The highest BCUT2D eigenvalue weighted by atomic mass is 16.2. The molecule has 3 rings (SSSR count). The standard InChI is InChI=1S/C16H19N5O/c17-8-12-2-1-5-21(12)16(22)14(19)6-10-9-20-15-4-3-11(18)7-13(10)15/h3-4,7,9,12,14,20H,1-2,5-6,18-19H2. The fraction of sp³-hybridized carbons (Fsp3) is 0.375. The number of rotatable bonds is 3. The van der Waals surface area contributed by atoms with Gasteiger partial charge in [0.15, 0.2) is 0 Å². The minimum absolute atomic E-state index is 0.151. The van der Waals surface area contributed by atoms with Gasteiger partial charge in [0.1, 0.15) is 6.04 Å². The molecule has 0 radical (unpaired) electrons. The summed E-state index contributed by atoms with van der Waals surface area (Å²) in [5.74, 6) is -0.151. The summed E-state index contributed by atoms with van der Waals surface area (Å²) in [4.78, 5) is 17.2. The van der Waals surface area contributed by atoms with Gasteiger partial charge in [0.25, 0.3) is 0 Å². The number of hydrogen-bond donors (Lipinski definition) is 3. The molecular formula is C16H19N5O. The van der Waals surface area contributed by atoms with E-state index in [2.05, 4.69) is 11.1 Å². The number of hydrogen-bond acceptors (Lipinski definition) is 4. The molecule has 1 amide bonds. The van der Waals surface area contributed by atoms with Crippen molar-refractivity contribution in [3.8, 4) is 6.07 Å². The van der Waals surface area contributed by atoms with Crippen molar-refractivity contribution >= 4 is 22.5 Å². The Hall–Kier alpha value is -2.52. The van der Waals surface area contributed by atoms with Crippen LogP contribution in [0.25, 0.3) is 10.9 Å². The van der Waals surface area contributed by atoms with Gasteiger partial charge in [-0.2, -0.15) is 5.26 Å². The largest absolute Gasteiger partial charge is 0.399 e. The third-order valence-corrected chi connectivity index (χ3v) is 4.23. The summed E-state index contributed by atoms with van der Waals surface area (Å²) < 4.78 is 0. The average Bonchev–Trinajstić information content (AvgIpc) is 3.13. The minimum Gasteiger partial charge on any atom is -0.399 e. The minimum atomic E-state index is -0.644. The number of aromatic nitrogens is 1. The topological polar surface area (TPSA) is 112 Å². The number of H-pyrrole nitrogens is 1. The van der Waals surface area contributed by atoms with Gasteiger partial charge in [-0.05, 0) is 43.0 Å². The molecule has 2 aromatic rings. The summed E-state index contributed by atoms with van der Waals surface area (Å²) in [6, 6.07) is 6.81. The van der Waals surface area contributed by atoms with E-state index < -0.39 is 6.04 Å². The first-order valence-corrected chi connectivity index (χ1v) is 7.41. The van der Waals surface area contributed by atoms with E-state index in [0.29, 0.717) is 18.7 Å². The van der Waals surface area contributed by atoms with E-state index in [4.69, 9.17) is 16.7 Å². The number of carbonyl (C=O) groups is 1. The number of nitrogens with two attached hydrogens (primary N) is 2. The molecule has 1 aromatic heterocycles. The van der Waals surface area contributed by atoms with Crippen molar-refractivity contribution in [2.24, 2.45) is 5.73 Å². The monoisotopic (exact) mass is 297 g/mol. The maximum absolute atomic E-state index is 12.5. The van der Waals surface area contributed by atoms with Gasteiger partial charge >= 0.3 is 0 Å². The van der Waals surface area contributed by atoms with Crippen molar-refractivity contribution in [2.45, 2.75) is 31.3 Å². The van der Waals surface area contributed by atoms with Gasteiger partial charge in [-0.1, -0.05) is 0 Å². The second-order valence-electron chi connectivity index (χ2n) is 5.75. The molecule has 0 aliphatic carbocycles. The molecule has 6 heteroatoms. The third kappa shape index (κ3) is 2.51. The Morgan fingerprint density at radius 3 is 3.14 bits per heavy atom. The Morgan fingerprint density at radius 1 is 1.55 bits per heavy atom. The van der Waals surface area contributed by atoms with Crippen LogP contribution < -0.4 is 11.5 Å². The van der Waals surface area contributed by atoms with Crippen LogP contribution >= 0.6 is 0 Å². The van der Waals surface area contributed by atoms with Gasteiger partial charge in [0, 0.05) is 29.3 Å². The van der Waals surface area contributed by atoms with E-state index >= 15 is 0 Å². The normalized spacial score (nSPS) is 19.3. The highest BCUT2D eigenvalue weighted by Crippen LogP contribution is 2.23. The molecule has 1 fully saturated rings. The van der Waals surface area contributed by atoms with Crippen molar-refractivity contribution in [3.05, 3.63) is 30.0 Å². The lowest BCUT2D eigenvalue weighted by molar-refractivity contribution is -0.132. The highest BCUT2D eigenvalue weighted by Gasteiger charge is 2.31. The lowest BCUT2D eigenvalue weighted by atomic mass is 10.0. The Morgan fingerprint density at radius 2 is 2.36 bits per heavy atom. The molecular weight excluding hydrogens is 278 g/mol. The number of nitrogen functional groups attached to an aromatic ring is 1. The van der Waals surface area contributed by atoms with Crippen molar-refractivity contribution in [1.29, 1.82) is 5.26 Å². The first kappa shape index (κ1) is 14.4. The van der Waals surface area contributed by atoms with Crippen LogP contribution in [-0.2, 0) is 11.2 Å². The molecule has 2 unspecified atom stereocenters. The van der Waals surface area contributed by atoms with Gasteiger partial charge in [0.05, 0.1) is 12.1 Å². The Kier molecular flexibility index (Phi) is 3.73. The summed E-state index contributed by atoms with van der Waals surface area (Å²) in [5, 5.41) is 10.1. The van der Waals surface area contributed by atoms with Gasteiger partial charge < -0.3 is 21.4 Å². The number of benzene rings is 1. The fourth-order valence-electron chi connectivity index (χ4n) is 3.07. The lowest BCUT2D eigenvalue weighted by Crippen LogP contribution is -2.46. The zero-order valence-electron chi connectivity index (χ0n) is 12.2. The molecule has 2 heterocycles. The number of carbonyl (C=O) groups excluding carboxylic acids is 1. The van der Waals surface area contributed by atoms with Crippen LogP contribution in [0, 0.1) is 11.3 Å². The number of fused-ring (bicyclic) bond motifs is 1. The van der Waals surface area contributed by atoms with Crippen LogP contribution in [-0.4, -0.2) is 34.4 Å². The highest BCUT2D eigenvalue weighted by molar-refractivity contribution is 5.88. The number of aromatic amines is 1. The molecule has 1 aliphatic rings. The van der Waals surface area contributed by atoms with E-state index in [9.17, 15) is 4.79 Å². The molecule has 6 nitrogen and oxygen atoms in total. The van der Waals surface area contributed by atoms with Crippen molar-refractivity contribution in [1.82, 2.24) is 9.88 Å². The Bertz CT molecular complexity index is 745. The molecule has 1 aromatic carbocycles. The number of likely N-dealkylation sites (tertiary alicyclic amines) is 1. The maximum atomic E-state index is 12.5. The zero-order valence-corrected chi connectivity index (χ0v) is 12.2. The molecule has 1 saturated heterocycles. The first-order valence-electron chi connectivity index (χ1n) is 7.41. The molecule has 5 N–H and O–H groups in total. The molecule has 2 atom stereocenters. The van der Waals surface area contributed by atoms with Crippen LogP contribution in [0.15, 0.2) is 24.4 Å². The number of nitrogens with zero attached hydrogens (tertiary/aromatic N) is 2. The molecule has 22 heavy (non-hydrogen) atoms. The molecule has 0 bridgehead atoms. The van der Waals surface area contributed by atoms with Gasteiger partial charge in [0.2, 0.25) is 5.91 Å². The van der Waals surface area contributed by atoms with E-state index in [1.165, 1.54) is 0 Å². The van der Waals surface area contributed by atoms with Crippen molar-refractivity contribution in [2.75, 3.05) is 12.3 Å². The number of amides is 1. The van der Waals surface area contributed by atoms with Gasteiger partial charge in [-0.3, -0.25) is 4.79 Å². The average molecular weight is 297 g/mol. The van der Waals surface area contributed by atoms with Gasteiger partial charge in [-0.15, -0.1) is 0 Å². The maximum Gasteiger partial charge on any atom is 0.240 e. The number of anilines is 1. The van der Waals surface area contributed by atoms with E-state index in [1.807, 2.05) is 24.4 Å². The first-order chi connectivity index (χ1) is 10.6. The van der Waals surface area contributed by atoms with Crippen LogP contribution in [0.4, 0.5) is 5.69 Å². The smallest absolute Gasteiger partial charge is 0.240 e. The summed E-state index contributed by atoms with van der Waals surface area (Å²) in [5.41, 5.74) is 14.5. The predicted octanol–water partition coefficient (Wildman–Crippen LogP) is 1.13. The van der Waals surface area contributed by atoms with Crippen molar-refractivity contribution in [3.63, 3.8) is 0 Å². The van der Waals surface area contributed by atoms with Crippen LogP contribution in [0.2, 0.25) is 0 Å². The van der Waals surface area contributed by atoms with E-state index in [0.717, 1.165) is 29.3 Å². The summed E-state index contributed by atoms with van der Waals surface area (Å²) >= 11 is 0. The van der Waals surface area contributed by atoms with Crippen LogP contribution in [0.1, 0.15) is 18.4 Å². The summed E-state index contributed by atoms with van der Waals surface area (Å²) in [6.07, 6.45) is 3.89. The van der Waals surface area contributed by atoms with Crippen LogP contribution in [0.3, 0.4) is 0 Å². The quantitative estimate of drug-likeness (QED) is 0.737. The van der Waals surface area contributed by atoms with E-state index in [-0.39, 0.29) is 11.9 Å². The van der Waals surface area contributed by atoms with Crippen molar-refractivity contribution < 1.29 is 4.79 Å². The number of nitrogens with one attached hydrogen (secondary N) is 1. The lowest BCUT2D eigenvalue weighted by Gasteiger charge is -2.23. The second kappa shape index (κ2) is 5.70. The molecule has 0 spiro atoms. The molecule has 1 aliphatic heterocycles.